The minimum absolute atomic E-state index is 0.203. The summed E-state index contributed by atoms with van der Waals surface area (Å²) in [4.78, 5) is 10.1. The predicted molar refractivity (Wildman–Crippen MR) is 53.5 cm³/mol. The molecule has 0 bridgehead atoms. The Morgan fingerprint density at radius 1 is 1.50 bits per heavy atom. The number of rotatable bonds is 3. The van der Waals surface area contributed by atoms with Crippen LogP contribution in [0.4, 0.5) is 4.39 Å². The highest BCUT2D eigenvalue weighted by Crippen LogP contribution is 2.13. The van der Waals surface area contributed by atoms with E-state index in [9.17, 15) is 9.18 Å². The van der Waals surface area contributed by atoms with Crippen LogP contribution in [0.5, 0.6) is 0 Å². The van der Waals surface area contributed by atoms with E-state index in [0.29, 0.717) is 16.4 Å². The fourth-order valence-electron chi connectivity index (χ4n) is 0.921. The van der Waals surface area contributed by atoms with E-state index in [2.05, 4.69) is 0 Å². The van der Waals surface area contributed by atoms with Crippen LogP contribution in [-0.2, 0) is 11.2 Å². The van der Waals surface area contributed by atoms with Crippen LogP contribution in [0.2, 0.25) is 0 Å². The predicted octanol–water partition coefficient (Wildman–Crippen LogP) is 2.56. The molecule has 0 amide bonds. The Balaban J connectivity index is 2.75. The van der Waals surface area contributed by atoms with Gasteiger partial charge in [-0.25, -0.2) is 4.39 Å². The molecule has 0 aliphatic carbocycles. The van der Waals surface area contributed by atoms with Crippen LogP contribution in [0, 0.1) is 9.39 Å². The lowest BCUT2D eigenvalue weighted by Crippen LogP contribution is -1.89. The second-order valence-electron chi connectivity index (χ2n) is 2.45. The van der Waals surface area contributed by atoms with Crippen LogP contribution in [-0.4, -0.2) is 6.29 Å². The SMILES string of the molecule is O=CCCc1ccc(F)c(I)c1. The first-order valence-corrected chi connectivity index (χ1v) is 4.69. The summed E-state index contributed by atoms with van der Waals surface area (Å²) in [5.74, 6) is -0.203. The molecule has 0 N–H and O–H groups in total. The van der Waals surface area contributed by atoms with E-state index < -0.39 is 0 Å². The van der Waals surface area contributed by atoms with Crippen molar-refractivity contribution in [3.63, 3.8) is 0 Å². The summed E-state index contributed by atoms with van der Waals surface area (Å²) in [5, 5.41) is 0. The summed E-state index contributed by atoms with van der Waals surface area (Å²) in [7, 11) is 0. The summed E-state index contributed by atoms with van der Waals surface area (Å²) >= 11 is 1.94. The van der Waals surface area contributed by atoms with E-state index in [1.807, 2.05) is 22.6 Å². The molecule has 0 heterocycles. The minimum Gasteiger partial charge on any atom is -0.303 e. The van der Waals surface area contributed by atoms with Crippen LogP contribution in [0.15, 0.2) is 18.2 Å². The van der Waals surface area contributed by atoms with Gasteiger partial charge in [0.2, 0.25) is 0 Å². The van der Waals surface area contributed by atoms with Crippen LogP contribution in [0.25, 0.3) is 0 Å². The maximum absolute atomic E-state index is 12.7. The third-order valence-corrected chi connectivity index (χ3v) is 2.36. The van der Waals surface area contributed by atoms with Gasteiger partial charge in [-0.05, 0) is 46.7 Å². The van der Waals surface area contributed by atoms with Crippen LogP contribution in [0.3, 0.4) is 0 Å². The second-order valence-corrected chi connectivity index (χ2v) is 3.62. The molecule has 0 aliphatic rings. The Kier molecular flexibility index (Phi) is 3.65. The molecule has 1 aromatic rings. The van der Waals surface area contributed by atoms with Crippen molar-refractivity contribution in [2.45, 2.75) is 12.8 Å². The van der Waals surface area contributed by atoms with Crippen molar-refractivity contribution in [3.05, 3.63) is 33.1 Å². The average molecular weight is 278 g/mol. The summed E-state index contributed by atoms with van der Waals surface area (Å²) < 4.78 is 13.4. The van der Waals surface area contributed by atoms with E-state index in [1.54, 1.807) is 12.1 Å². The van der Waals surface area contributed by atoms with Gasteiger partial charge >= 0.3 is 0 Å². The lowest BCUT2D eigenvalue weighted by atomic mass is 10.1. The molecule has 0 fully saturated rings. The summed E-state index contributed by atoms with van der Waals surface area (Å²) in [6, 6.07) is 4.91. The molecule has 0 aliphatic heterocycles. The van der Waals surface area contributed by atoms with Crippen molar-refractivity contribution < 1.29 is 9.18 Å². The molecule has 1 nitrogen and oxygen atoms in total. The standard InChI is InChI=1S/C9H8FIO/c10-8-4-3-7(2-1-5-12)6-9(8)11/h3-6H,1-2H2. The Labute approximate surface area is 84.1 Å². The van der Waals surface area contributed by atoms with Gasteiger partial charge in [-0.1, -0.05) is 6.07 Å². The lowest BCUT2D eigenvalue weighted by molar-refractivity contribution is -0.107. The van der Waals surface area contributed by atoms with E-state index >= 15 is 0 Å². The number of carbonyl (C=O) groups excluding carboxylic acids is 1. The molecule has 0 saturated heterocycles. The number of halogens is 2. The molecular weight excluding hydrogens is 270 g/mol. The fraction of sp³-hybridized carbons (Fsp3) is 0.222. The highest BCUT2D eigenvalue weighted by Gasteiger charge is 1.99. The number of hydrogen-bond acceptors (Lipinski definition) is 1. The zero-order chi connectivity index (χ0) is 8.97. The maximum atomic E-state index is 12.7. The largest absolute Gasteiger partial charge is 0.303 e. The zero-order valence-corrected chi connectivity index (χ0v) is 8.55. The van der Waals surface area contributed by atoms with Gasteiger partial charge in [0.05, 0.1) is 0 Å². The third-order valence-electron chi connectivity index (χ3n) is 1.53. The maximum Gasteiger partial charge on any atom is 0.136 e. The van der Waals surface area contributed by atoms with Gasteiger partial charge in [-0.3, -0.25) is 0 Å². The highest BCUT2D eigenvalue weighted by atomic mass is 127. The first-order chi connectivity index (χ1) is 5.74. The molecule has 0 aromatic heterocycles. The van der Waals surface area contributed by atoms with E-state index in [0.717, 1.165) is 11.8 Å². The first-order valence-electron chi connectivity index (χ1n) is 3.61. The Morgan fingerprint density at radius 3 is 2.83 bits per heavy atom. The quantitative estimate of drug-likeness (QED) is 0.613. The molecule has 1 rings (SSSR count). The van der Waals surface area contributed by atoms with Gasteiger partial charge in [-0.15, -0.1) is 0 Å². The molecule has 0 saturated carbocycles. The smallest absolute Gasteiger partial charge is 0.136 e. The highest BCUT2D eigenvalue weighted by molar-refractivity contribution is 14.1. The monoisotopic (exact) mass is 278 g/mol. The first kappa shape index (κ1) is 9.64. The average Bonchev–Trinajstić information content (AvgIpc) is 2.07. The number of hydrogen-bond donors (Lipinski definition) is 0. The molecule has 3 heteroatoms. The van der Waals surface area contributed by atoms with Crippen molar-refractivity contribution in [1.29, 1.82) is 0 Å². The molecule has 64 valence electrons. The molecule has 1 aromatic carbocycles. The van der Waals surface area contributed by atoms with Crippen molar-refractivity contribution in [2.75, 3.05) is 0 Å². The zero-order valence-electron chi connectivity index (χ0n) is 6.39. The molecular formula is C9H8FIO. The number of carbonyl (C=O) groups is 1. The minimum atomic E-state index is -0.203. The van der Waals surface area contributed by atoms with E-state index in [4.69, 9.17) is 0 Å². The van der Waals surface area contributed by atoms with Crippen molar-refractivity contribution in [2.24, 2.45) is 0 Å². The third kappa shape index (κ3) is 2.55. The van der Waals surface area contributed by atoms with Gasteiger partial charge in [0.25, 0.3) is 0 Å². The molecule has 0 spiro atoms. The normalized spacial score (nSPS) is 9.83. The van der Waals surface area contributed by atoms with Crippen molar-refractivity contribution in [3.8, 4) is 0 Å². The van der Waals surface area contributed by atoms with E-state index in [-0.39, 0.29) is 5.82 Å². The van der Waals surface area contributed by atoms with Crippen molar-refractivity contribution >= 4 is 28.9 Å². The van der Waals surface area contributed by atoms with Crippen molar-refractivity contribution in [1.82, 2.24) is 0 Å². The van der Waals surface area contributed by atoms with Gasteiger partial charge in [-0.2, -0.15) is 0 Å². The lowest BCUT2D eigenvalue weighted by Gasteiger charge is -1.99. The Morgan fingerprint density at radius 2 is 2.25 bits per heavy atom. The van der Waals surface area contributed by atoms with Crippen LogP contribution >= 0.6 is 22.6 Å². The summed E-state index contributed by atoms with van der Waals surface area (Å²) in [5.41, 5.74) is 1.01. The van der Waals surface area contributed by atoms with Crippen LogP contribution < -0.4 is 0 Å². The summed E-state index contributed by atoms with van der Waals surface area (Å²) in [6.45, 7) is 0. The number of benzene rings is 1. The molecule has 0 unspecified atom stereocenters. The summed E-state index contributed by atoms with van der Waals surface area (Å²) in [6.07, 6.45) is 2.07. The number of aldehydes is 1. The molecule has 0 radical (unpaired) electrons. The van der Waals surface area contributed by atoms with Gasteiger partial charge in [0, 0.05) is 9.99 Å². The Hall–Kier alpha value is -0.450. The second kappa shape index (κ2) is 4.54. The van der Waals surface area contributed by atoms with Gasteiger partial charge < -0.3 is 4.79 Å². The van der Waals surface area contributed by atoms with Gasteiger partial charge in [0.1, 0.15) is 12.1 Å². The fourth-order valence-corrected chi connectivity index (χ4v) is 1.50. The topological polar surface area (TPSA) is 17.1 Å². The number of aryl methyl sites for hydroxylation is 1. The van der Waals surface area contributed by atoms with E-state index in [1.165, 1.54) is 6.07 Å². The molecule has 12 heavy (non-hydrogen) atoms. The van der Waals surface area contributed by atoms with Gasteiger partial charge in [0.15, 0.2) is 0 Å². The molecule has 0 atom stereocenters. The van der Waals surface area contributed by atoms with Crippen LogP contribution in [0.1, 0.15) is 12.0 Å². The Bertz CT molecular complexity index is 286.